The Balaban J connectivity index is 1.68. The maximum absolute atomic E-state index is 4.59. The zero-order valence-corrected chi connectivity index (χ0v) is 13.1. The molecule has 0 aromatic carbocycles. The molecule has 22 heavy (non-hydrogen) atoms. The number of anilines is 1. The van der Waals surface area contributed by atoms with E-state index in [0.717, 1.165) is 59.5 Å². The van der Waals surface area contributed by atoms with Crippen molar-refractivity contribution in [1.29, 1.82) is 0 Å². The van der Waals surface area contributed by atoms with E-state index in [1.807, 2.05) is 24.4 Å². The fourth-order valence-corrected chi connectivity index (χ4v) is 2.99. The van der Waals surface area contributed by atoms with Gasteiger partial charge >= 0.3 is 0 Å². The van der Waals surface area contributed by atoms with Gasteiger partial charge in [-0.3, -0.25) is 0 Å². The highest BCUT2D eigenvalue weighted by atomic mass is 15.3. The fraction of sp³-hybridized carbons (Fsp3) is 0.467. The van der Waals surface area contributed by atoms with Crippen molar-refractivity contribution in [1.82, 2.24) is 29.4 Å². The highest BCUT2D eigenvalue weighted by Gasteiger charge is 2.17. The summed E-state index contributed by atoms with van der Waals surface area (Å²) in [5.74, 6) is 3.02. The average molecular weight is 297 g/mol. The van der Waals surface area contributed by atoms with Crippen LogP contribution in [0.15, 0.2) is 6.07 Å². The van der Waals surface area contributed by atoms with Crippen molar-refractivity contribution in [2.24, 2.45) is 0 Å². The van der Waals surface area contributed by atoms with Crippen molar-refractivity contribution in [3.8, 4) is 0 Å². The van der Waals surface area contributed by atoms with Gasteiger partial charge in [-0.05, 0) is 27.2 Å². The minimum atomic E-state index is 0.642. The predicted octanol–water partition coefficient (Wildman–Crippen LogP) is 1.80. The third-order valence-corrected chi connectivity index (χ3v) is 4.30. The number of aryl methyl sites for hydroxylation is 4. The maximum Gasteiger partial charge on any atom is 0.160 e. The Labute approximate surface area is 128 Å². The first-order valence-corrected chi connectivity index (χ1v) is 7.62. The molecule has 3 aromatic heterocycles. The van der Waals surface area contributed by atoms with E-state index < -0.39 is 0 Å². The van der Waals surface area contributed by atoms with E-state index in [2.05, 4.69) is 37.1 Å². The van der Waals surface area contributed by atoms with E-state index in [-0.39, 0.29) is 0 Å². The smallest absolute Gasteiger partial charge is 0.160 e. The third kappa shape index (κ3) is 1.96. The lowest BCUT2D eigenvalue weighted by Gasteiger charge is -2.09. The zero-order chi connectivity index (χ0) is 15.3. The number of aromatic nitrogens is 6. The number of hydrogen-bond donors (Lipinski definition) is 1. The summed E-state index contributed by atoms with van der Waals surface area (Å²) in [4.78, 5) is 4.59. The van der Waals surface area contributed by atoms with Gasteiger partial charge in [0.15, 0.2) is 11.5 Å². The van der Waals surface area contributed by atoms with Gasteiger partial charge in [0, 0.05) is 30.3 Å². The topological polar surface area (TPSA) is 72.9 Å². The van der Waals surface area contributed by atoms with Crippen LogP contribution in [0.2, 0.25) is 0 Å². The van der Waals surface area contributed by atoms with Gasteiger partial charge in [0.05, 0.1) is 12.2 Å². The molecule has 0 spiro atoms. The van der Waals surface area contributed by atoms with E-state index in [9.17, 15) is 0 Å². The summed E-state index contributed by atoms with van der Waals surface area (Å²) in [5.41, 5.74) is 4.01. The SMILES string of the molecule is Cc1cc(NCc2nnc3n2CCC3)n2nc(C)c(C)c2n1. The molecule has 0 saturated heterocycles. The van der Waals surface area contributed by atoms with Crippen LogP contribution in [0.1, 0.15) is 35.0 Å². The van der Waals surface area contributed by atoms with Gasteiger partial charge in [-0.1, -0.05) is 0 Å². The standard InChI is InChI=1S/C15H19N7/c1-9-7-13(22-15(17-9)10(2)11(3)20-22)16-8-14-19-18-12-5-4-6-21(12)14/h7,16H,4-6,8H2,1-3H3. The molecule has 0 aliphatic carbocycles. The largest absolute Gasteiger partial charge is 0.363 e. The van der Waals surface area contributed by atoms with Gasteiger partial charge in [-0.25, -0.2) is 4.98 Å². The molecule has 0 atom stereocenters. The average Bonchev–Trinajstić information content (AvgIpc) is 3.15. The normalized spacial score (nSPS) is 13.8. The number of nitrogens with zero attached hydrogens (tertiary/aromatic N) is 6. The third-order valence-electron chi connectivity index (χ3n) is 4.30. The van der Waals surface area contributed by atoms with Crippen LogP contribution in [0, 0.1) is 20.8 Å². The van der Waals surface area contributed by atoms with Crippen LogP contribution in [0.5, 0.6) is 0 Å². The molecule has 0 radical (unpaired) electrons. The van der Waals surface area contributed by atoms with Gasteiger partial charge in [0.1, 0.15) is 11.6 Å². The second kappa shape index (κ2) is 4.79. The van der Waals surface area contributed by atoms with Gasteiger partial charge in [0.25, 0.3) is 0 Å². The lowest BCUT2D eigenvalue weighted by atomic mass is 10.3. The van der Waals surface area contributed by atoms with E-state index in [1.54, 1.807) is 0 Å². The minimum absolute atomic E-state index is 0.642. The Morgan fingerprint density at radius 2 is 2.09 bits per heavy atom. The molecule has 7 heteroatoms. The maximum atomic E-state index is 4.59. The van der Waals surface area contributed by atoms with Crippen molar-refractivity contribution in [3.05, 3.63) is 34.7 Å². The molecular formula is C15H19N7. The van der Waals surface area contributed by atoms with Gasteiger partial charge in [-0.2, -0.15) is 9.61 Å². The minimum Gasteiger partial charge on any atom is -0.363 e. The van der Waals surface area contributed by atoms with E-state index in [1.165, 1.54) is 0 Å². The molecule has 0 fully saturated rings. The number of rotatable bonds is 3. The summed E-state index contributed by atoms with van der Waals surface area (Å²) in [6.45, 7) is 7.73. The van der Waals surface area contributed by atoms with E-state index in [0.29, 0.717) is 6.54 Å². The first-order chi connectivity index (χ1) is 10.6. The lowest BCUT2D eigenvalue weighted by Crippen LogP contribution is -2.11. The van der Waals surface area contributed by atoms with Crippen molar-refractivity contribution in [3.63, 3.8) is 0 Å². The van der Waals surface area contributed by atoms with Crippen molar-refractivity contribution in [2.75, 3.05) is 5.32 Å². The molecule has 1 N–H and O–H groups in total. The van der Waals surface area contributed by atoms with Crippen LogP contribution >= 0.6 is 0 Å². The van der Waals surface area contributed by atoms with Gasteiger partial charge < -0.3 is 9.88 Å². The molecule has 7 nitrogen and oxygen atoms in total. The monoisotopic (exact) mass is 297 g/mol. The van der Waals surface area contributed by atoms with Crippen LogP contribution in [-0.4, -0.2) is 29.4 Å². The van der Waals surface area contributed by atoms with E-state index >= 15 is 0 Å². The Bertz CT molecular complexity index is 859. The highest BCUT2D eigenvalue weighted by Crippen LogP contribution is 2.19. The molecule has 3 aromatic rings. The molecule has 0 unspecified atom stereocenters. The predicted molar refractivity (Wildman–Crippen MR) is 82.9 cm³/mol. The molecule has 1 aliphatic heterocycles. The summed E-state index contributed by atoms with van der Waals surface area (Å²) >= 11 is 0. The molecule has 0 saturated carbocycles. The second-order valence-electron chi connectivity index (χ2n) is 5.87. The van der Waals surface area contributed by atoms with Crippen LogP contribution < -0.4 is 5.32 Å². The fourth-order valence-electron chi connectivity index (χ4n) is 2.99. The number of hydrogen-bond acceptors (Lipinski definition) is 5. The van der Waals surface area contributed by atoms with Crippen LogP contribution in [-0.2, 0) is 19.5 Å². The van der Waals surface area contributed by atoms with Crippen LogP contribution in [0.25, 0.3) is 5.65 Å². The van der Waals surface area contributed by atoms with Crippen molar-refractivity contribution >= 4 is 11.5 Å². The van der Waals surface area contributed by atoms with Crippen LogP contribution in [0.4, 0.5) is 5.82 Å². The quantitative estimate of drug-likeness (QED) is 0.798. The molecule has 4 heterocycles. The van der Waals surface area contributed by atoms with E-state index in [4.69, 9.17) is 0 Å². The summed E-state index contributed by atoms with van der Waals surface area (Å²) < 4.78 is 4.08. The molecule has 0 amide bonds. The Hall–Kier alpha value is -2.44. The first kappa shape index (κ1) is 13.2. The Kier molecular flexibility index (Phi) is 2.88. The molecular weight excluding hydrogens is 278 g/mol. The summed E-state index contributed by atoms with van der Waals surface area (Å²) in [6, 6.07) is 2.01. The summed E-state index contributed by atoms with van der Waals surface area (Å²) in [7, 11) is 0. The number of fused-ring (bicyclic) bond motifs is 2. The zero-order valence-electron chi connectivity index (χ0n) is 13.1. The highest BCUT2D eigenvalue weighted by molar-refractivity contribution is 5.55. The Morgan fingerprint density at radius 3 is 2.95 bits per heavy atom. The second-order valence-corrected chi connectivity index (χ2v) is 5.87. The summed E-state index contributed by atoms with van der Waals surface area (Å²) in [5, 5.41) is 16.5. The van der Waals surface area contributed by atoms with Gasteiger partial charge in [0.2, 0.25) is 0 Å². The van der Waals surface area contributed by atoms with Crippen molar-refractivity contribution < 1.29 is 0 Å². The summed E-state index contributed by atoms with van der Waals surface area (Å²) in [6.07, 6.45) is 2.19. The van der Waals surface area contributed by atoms with Crippen molar-refractivity contribution in [2.45, 2.75) is 46.7 Å². The molecule has 0 bridgehead atoms. The molecule has 1 aliphatic rings. The Morgan fingerprint density at radius 1 is 1.23 bits per heavy atom. The molecule has 114 valence electrons. The lowest BCUT2D eigenvalue weighted by molar-refractivity contribution is 0.694. The number of nitrogens with one attached hydrogen (secondary N) is 1. The molecule has 4 rings (SSSR count). The van der Waals surface area contributed by atoms with Gasteiger partial charge in [-0.15, -0.1) is 10.2 Å². The van der Waals surface area contributed by atoms with Crippen LogP contribution in [0.3, 0.4) is 0 Å². The first-order valence-electron chi connectivity index (χ1n) is 7.62.